The zero-order chi connectivity index (χ0) is 14.5. The second kappa shape index (κ2) is 7.28. The maximum atomic E-state index is 5.44. The average molecular weight is 278 g/mol. The summed E-state index contributed by atoms with van der Waals surface area (Å²) in [6.07, 6.45) is 5.23. The van der Waals surface area contributed by atoms with Gasteiger partial charge in [0.15, 0.2) is 0 Å². The van der Waals surface area contributed by atoms with Crippen molar-refractivity contribution >= 4 is 0 Å². The molecule has 1 fully saturated rings. The summed E-state index contributed by atoms with van der Waals surface area (Å²) < 4.78 is 5.44. The number of furan rings is 1. The maximum absolute atomic E-state index is 5.44. The zero-order valence-electron chi connectivity index (χ0n) is 13.4. The van der Waals surface area contributed by atoms with Gasteiger partial charge in [-0.2, -0.15) is 0 Å². The molecule has 0 saturated carbocycles. The molecule has 20 heavy (non-hydrogen) atoms. The van der Waals surface area contributed by atoms with Crippen molar-refractivity contribution in [3.63, 3.8) is 0 Å². The van der Waals surface area contributed by atoms with Crippen LogP contribution in [-0.4, -0.2) is 36.1 Å². The molecule has 4 atom stereocenters. The SMILES string of the molecule is CCC(C)C1CN(C(C)CCc2ccco2)C(C)CN1. The largest absolute Gasteiger partial charge is 0.469 e. The molecule has 1 saturated heterocycles. The lowest BCUT2D eigenvalue weighted by Crippen LogP contribution is -2.59. The third kappa shape index (κ3) is 3.86. The molecule has 1 aliphatic rings. The number of nitrogens with one attached hydrogen (secondary N) is 1. The van der Waals surface area contributed by atoms with Crippen LogP contribution in [0.5, 0.6) is 0 Å². The Morgan fingerprint density at radius 1 is 1.45 bits per heavy atom. The number of nitrogens with zero attached hydrogens (tertiary/aromatic N) is 1. The van der Waals surface area contributed by atoms with Crippen molar-refractivity contribution in [2.24, 2.45) is 5.92 Å². The van der Waals surface area contributed by atoms with E-state index in [2.05, 4.69) is 44.0 Å². The third-order valence-corrected chi connectivity index (χ3v) is 4.93. The van der Waals surface area contributed by atoms with E-state index in [-0.39, 0.29) is 0 Å². The van der Waals surface area contributed by atoms with E-state index in [4.69, 9.17) is 4.42 Å². The highest BCUT2D eigenvalue weighted by molar-refractivity contribution is 4.99. The lowest BCUT2D eigenvalue weighted by molar-refractivity contribution is 0.0778. The summed E-state index contributed by atoms with van der Waals surface area (Å²) in [5.41, 5.74) is 0. The summed E-state index contributed by atoms with van der Waals surface area (Å²) in [6.45, 7) is 11.6. The first-order valence-electron chi connectivity index (χ1n) is 8.13. The Kier molecular flexibility index (Phi) is 5.67. The predicted molar refractivity (Wildman–Crippen MR) is 83.9 cm³/mol. The standard InChI is InChI=1S/C17H30N2O/c1-5-13(2)17-12-19(15(4)11-18-17)14(3)8-9-16-7-6-10-20-16/h6-7,10,13-15,17-18H,5,8-9,11-12H2,1-4H3. The van der Waals surface area contributed by atoms with E-state index < -0.39 is 0 Å². The molecule has 0 aromatic carbocycles. The number of rotatable bonds is 6. The van der Waals surface area contributed by atoms with E-state index in [0.29, 0.717) is 18.1 Å². The van der Waals surface area contributed by atoms with Crippen LogP contribution < -0.4 is 5.32 Å². The number of aryl methyl sites for hydroxylation is 1. The monoisotopic (exact) mass is 278 g/mol. The van der Waals surface area contributed by atoms with Gasteiger partial charge in [0.2, 0.25) is 0 Å². The van der Waals surface area contributed by atoms with Crippen molar-refractivity contribution in [2.45, 2.75) is 65.1 Å². The zero-order valence-corrected chi connectivity index (χ0v) is 13.4. The minimum atomic E-state index is 0.615. The van der Waals surface area contributed by atoms with E-state index in [1.807, 2.05) is 6.07 Å². The molecule has 3 nitrogen and oxygen atoms in total. The molecular formula is C17H30N2O. The van der Waals surface area contributed by atoms with Gasteiger partial charge in [-0.3, -0.25) is 4.90 Å². The molecule has 1 aromatic rings. The lowest BCUT2D eigenvalue weighted by atomic mass is 9.94. The molecular weight excluding hydrogens is 248 g/mol. The molecule has 3 heteroatoms. The van der Waals surface area contributed by atoms with Gasteiger partial charge in [0, 0.05) is 37.6 Å². The third-order valence-electron chi connectivity index (χ3n) is 4.93. The fraction of sp³-hybridized carbons (Fsp3) is 0.765. The van der Waals surface area contributed by atoms with Crippen molar-refractivity contribution in [1.29, 1.82) is 0 Å². The van der Waals surface area contributed by atoms with Gasteiger partial charge < -0.3 is 9.73 Å². The first-order chi connectivity index (χ1) is 9.61. The Bertz CT molecular complexity index is 376. The molecule has 1 aromatic heterocycles. The number of piperazine rings is 1. The first-order valence-corrected chi connectivity index (χ1v) is 8.13. The molecule has 0 spiro atoms. The van der Waals surface area contributed by atoms with E-state index in [1.54, 1.807) is 6.26 Å². The van der Waals surface area contributed by atoms with Crippen LogP contribution in [0.3, 0.4) is 0 Å². The normalized spacial score (nSPS) is 27.4. The van der Waals surface area contributed by atoms with E-state index in [1.165, 1.54) is 19.4 Å². The highest BCUT2D eigenvalue weighted by atomic mass is 16.3. The highest BCUT2D eigenvalue weighted by Gasteiger charge is 2.30. The second-order valence-corrected chi connectivity index (χ2v) is 6.41. The molecule has 0 amide bonds. The fourth-order valence-electron chi connectivity index (χ4n) is 3.16. The van der Waals surface area contributed by atoms with Crippen LogP contribution in [-0.2, 0) is 6.42 Å². The predicted octanol–water partition coefficient (Wildman–Crippen LogP) is 3.31. The van der Waals surface area contributed by atoms with Crippen LogP contribution in [0.4, 0.5) is 0 Å². The first kappa shape index (κ1) is 15.6. The summed E-state index contributed by atoms with van der Waals surface area (Å²) in [7, 11) is 0. The topological polar surface area (TPSA) is 28.4 Å². The van der Waals surface area contributed by atoms with Crippen LogP contribution in [0.2, 0.25) is 0 Å². The second-order valence-electron chi connectivity index (χ2n) is 6.41. The van der Waals surface area contributed by atoms with Crippen LogP contribution in [0.15, 0.2) is 22.8 Å². The van der Waals surface area contributed by atoms with Crippen LogP contribution in [0.1, 0.15) is 46.3 Å². The molecule has 0 bridgehead atoms. The van der Waals surface area contributed by atoms with E-state index in [9.17, 15) is 0 Å². The number of hydrogen-bond acceptors (Lipinski definition) is 3. The van der Waals surface area contributed by atoms with Gasteiger partial charge in [0.25, 0.3) is 0 Å². The summed E-state index contributed by atoms with van der Waals surface area (Å²) in [4.78, 5) is 2.68. The van der Waals surface area contributed by atoms with E-state index in [0.717, 1.165) is 24.6 Å². The van der Waals surface area contributed by atoms with Gasteiger partial charge in [0.1, 0.15) is 5.76 Å². The quantitative estimate of drug-likeness (QED) is 0.865. The van der Waals surface area contributed by atoms with Crippen molar-refractivity contribution in [1.82, 2.24) is 10.2 Å². The van der Waals surface area contributed by atoms with Crippen LogP contribution >= 0.6 is 0 Å². The Labute approximate surface area is 123 Å². The summed E-state index contributed by atoms with van der Waals surface area (Å²) in [6, 6.07) is 5.94. The fourth-order valence-corrected chi connectivity index (χ4v) is 3.16. The van der Waals surface area contributed by atoms with E-state index >= 15 is 0 Å². The van der Waals surface area contributed by atoms with Gasteiger partial charge in [-0.25, -0.2) is 0 Å². The Morgan fingerprint density at radius 3 is 2.90 bits per heavy atom. The molecule has 2 heterocycles. The van der Waals surface area contributed by atoms with Gasteiger partial charge in [0.05, 0.1) is 6.26 Å². The van der Waals surface area contributed by atoms with Gasteiger partial charge in [-0.05, 0) is 38.3 Å². The molecule has 4 unspecified atom stereocenters. The Morgan fingerprint density at radius 2 is 2.25 bits per heavy atom. The Hall–Kier alpha value is -0.800. The van der Waals surface area contributed by atoms with Gasteiger partial charge in [-0.1, -0.05) is 20.3 Å². The number of hydrogen-bond donors (Lipinski definition) is 1. The summed E-state index contributed by atoms with van der Waals surface area (Å²) >= 11 is 0. The Balaban J connectivity index is 1.87. The van der Waals surface area contributed by atoms with Gasteiger partial charge in [-0.15, -0.1) is 0 Å². The van der Waals surface area contributed by atoms with Gasteiger partial charge >= 0.3 is 0 Å². The minimum Gasteiger partial charge on any atom is -0.469 e. The molecule has 1 aliphatic heterocycles. The highest BCUT2D eigenvalue weighted by Crippen LogP contribution is 2.20. The van der Waals surface area contributed by atoms with Crippen molar-refractivity contribution < 1.29 is 4.42 Å². The molecule has 1 N–H and O–H groups in total. The summed E-state index contributed by atoms with van der Waals surface area (Å²) in [5.74, 6) is 1.86. The minimum absolute atomic E-state index is 0.615. The van der Waals surface area contributed by atoms with Crippen LogP contribution in [0.25, 0.3) is 0 Å². The lowest BCUT2D eigenvalue weighted by Gasteiger charge is -2.44. The molecule has 114 valence electrons. The summed E-state index contributed by atoms with van der Waals surface area (Å²) in [5, 5.41) is 3.71. The molecule has 0 radical (unpaired) electrons. The maximum Gasteiger partial charge on any atom is 0.103 e. The van der Waals surface area contributed by atoms with Crippen LogP contribution in [0, 0.1) is 5.92 Å². The smallest absolute Gasteiger partial charge is 0.103 e. The molecule has 2 rings (SSSR count). The average Bonchev–Trinajstić information content (AvgIpc) is 2.97. The van der Waals surface area contributed by atoms with Crippen molar-refractivity contribution in [2.75, 3.05) is 13.1 Å². The van der Waals surface area contributed by atoms with Crippen molar-refractivity contribution in [3.05, 3.63) is 24.2 Å². The molecule has 0 aliphatic carbocycles. The van der Waals surface area contributed by atoms with Crippen molar-refractivity contribution in [3.8, 4) is 0 Å².